The van der Waals surface area contributed by atoms with Crippen molar-refractivity contribution < 1.29 is 4.42 Å². The summed E-state index contributed by atoms with van der Waals surface area (Å²) in [6.45, 7) is 3.77. The zero-order chi connectivity index (χ0) is 12.9. The standard InChI is InChI=1S/C12H11ClN4O/c1-6-4-5-8(18-6)12-14-9-7(2)16-17(3)10(9)11(13)15-12/h4-5H,1-3H3. The second-order valence-corrected chi connectivity index (χ2v) is 4.51. The van der Waals surface area contributed by atoms with Gasteiger partial charge in [-0.1, -0.05) is 11.6 Å². The molecule has 0 N–H and O–H groups in total. The Bertz CT molecular complexity index is 744. The zero-order valence-electron chi connectivity index (χ0n) is 10.2. The van der Waals surface area contributed by atoms with E-state index in [1.807, 2.05) is 33.0 Å². The van der Waals surface area contributed by atoms with Crippen LogP contribution in [0.5, 0.6) is 0 Å². The van der Waals surface area contributed by atoms with Crippen LogP contribution < -0.4 is 0 Å². The summed E-state index contributed by atoms with van der Waals surface area (Å²) in [7, 11) is 1.82. The smallest absolute Gasteiger partial charge is 0.197 e. The van der Waals surface area contributed by atoms with Gasteiger partial charge in [0.05, 0.1) is 5.69 Å². The van der Waals surface area contributed by atoms with Crippen LogP contribution in [0.15, 0.2) is 16.5 Å². The van der Waals surface area contributed by atoms with E-state index in [1.165, 1.54) is 0 Å². The average Bonchev–Trinajstić information content (AvgIpc) is 2.84. The zero-order valence-corrected chi connectivity index (χ0v) is 11.0. The van der Waals surface area contributed by atoms with Crippen LogP contribution in [0.1, 0.15) is 11.5 Å². The fraction of sp³-hybridized carbons (Fsp3) is 0.250. The van der Waals surface area contributed by atoms with Gasteiger partial charge in [0.15, 0.2) is 16.7 Å². The molecule has 3 heterocycles. The van der Waals surface area contributed by atoms with Crippen LogP contribution in [0.2, 0.25) is 5.15 Å². The van der Waals surface area contributed by atoms with Crippen molar-refractivity contribution in [3.8, 4) is 11.6 Å². The third-order valence-electron chi connectivity index (χ3n) is 2.77. The highest BCUT2D eigenvalue weighted by Crippen LogP contribution is 2.26. The average molecular weight is 263 g/mol. The van der Waals surface area contributed by atoms with E-state index in [9.17, 15) is 0 Å². The summed E-state index contributed by atoms with van der Waals surface area (Å²) in [6.07, 6.45) is 0. The summed E-state index contributed by atoms with van der Waals surface area (Å²) >= 11 is 6.18. The molecule has 18 heavy (non-hydrogen) atoms. The van der Waals surface area contributed by atoms with Crippen LogP contribution in [0.3, 0.4) is 0 Å². The molecule has 0 amide bonds. The van der Waals surface area contributed by atoms with Crippen molar-refractivity contribution in [1.29, 1.82) is 0 Å². The van der Waals surface area contributed by atoms with E-state index in [1.54, 1.807) is 4.68 Å². The number of hydrogen-bond acceptors (Lipinski definition) is 4. The lowest BCUT2D eigenvalue weighted by molar-refractivity contribution is 0.544. The van der Waals surface area contributed by atoms with Crippen molar-refractivity contribution in [2.45, 2.75) is 13.8 Å². The number of rotatable bonds is 1. The molecule has 0 spiro atoms. The summed E-state index contributed by atoms with van der Waals surface area (Å²) in [5.41, 5.74) is 2.31. The predicted molar refractivity (Wildman–Crippen MR) is 68.5 cm³/mol. The lowest BCUT2D eigenvalue weighted by atomic mass is 10.3. The van der Waals surface area contributed by atoms with Crippen molar-refractivity contribution in [2.75, 3.05) is 0 Å². The minimum Gasteiger partial charge on any atom is -0.458 e. The topological polar surface area (TPSA) is 56.7 Å². The Hall–Kier alpha value is -1.88. The summed E-state index contributed by atoms with van der Waals surface area (Å²) in [5.74, 6) is 1.91. The van der Waals surface area contributed by atoms with Crippen molar-refractivity contribution >= 4 is 22.6 Å². The van der Waals surface area contributed by atoms with E-state index >= 15 is 0 Å². The van der Waals surface area contributed by atoms with Crippen LogP contribution in [0, 0.1) is 13.8 Å². The SMILES string of the molecule is Cc1ccc(-c2nc(Cl)c3c(n2)c(C)nn3C)o1. The Morgan fingerprint density at radius 1 is 1.22 bits per heavy atom. The molecule has 92 valence electrons. The van der Waals surface area contributed by atoms with Gasteiger partial charge in [0.1, 0.15) is 16.8 Å². The van der Waals surface area contributed by atoms with Gasteiger partial charge in [-0.3, -0.25) is 4.68 Å². The van der Waals surface area contributed by atoms with Crippen LogP contribution >= 0.6 is 11.6 Å². The van der Waals surface area contributed by atoms with Gasteiger partial charge in [-0.05, 0) is 26.0 Å². The fourth-order valence-electron chi connectivity index (χ4n) is 1.95. The highest BCUT2D eigenvalue weighted by atomic mass is 35.5. The Morgan fingerprint density at radius 2 is 2.00 bits per heavy atom. The highest BCUT2D eigenvalue weighted by molar-refractivity contribution is 6.33. The Kier molecular flexibility index (Phi) is 2.38. The van der Waals surface area contributed by atoms with E-state index in [4.69, 9.17) is 16.0 Å². The molecule has 5 nitrogen and oxygen atoms in total. The van der Waals surface area contributed by atoms with Gasteiger partial charge in [0, 0.05) is 7.05 Å². The molecule has 3 aromatic rings. The number of aromatic nitrogens is 4. The molecule has 0 aliphatic heterocycles. The molecular formula is C12H11ClN4O. The number of hydrogen-bond donors (Lipinski definition) is 0. The minimum absolute atomic E-state index is 0.382. The van der Waals surface area contributed by atoms with E-state index in [0.717, 1.165) is 22.5 Å². The van der Waals surface area contributed by atoms with E-state index < -0.39 is 0 Å². The van der Waals surface area contributed by atoms with Crippen LogP contribution in [-0.4, -0.2) is 19.7 Å². The van der Waals surface area contributed by atoms with Gasteiger partial charge in [0.25, 0.3) is 0 Å². The Labute approximate surface area is 108 Å². The third-order valence-corrected chi connectivity index (χ3v) is 3.03. The van der Waals surface area contributed by atoms with E-state index in [2.05, 4.69) is 15.1 Å². The first-order chi connectivity index (χ1) is 8.56. The first-order valence-corrected chi connectivity index (χ1v) is 5.87. The van der Waals surface area contributed by atoms with Gasteiger partial charge in [0.2, 0.25) is 0 Å². The van der Waals surface area contributed by atoms with Crippen LogP contribution in [0.4, 0.5) is 0 Å². The molecule has 0 radical (unpaired) electrons. The van der Waals surface area contributed by atoms with Crippen molar-refractivity contribution in [1.82, 2.24) is 19.7 Å². The summed E-state index contributed by atoms with van der Waals surface area (Å²) < 4.78 is 7.19. The Morgan fingerprint density at radius 3 is 2.67 bits per heavy atom. The normalized spacial score (nSPS) is 11.3. The largest absolute Gasteiger partial charge is 0.458 e. The molecule has 0 fully saturated rings. The number of fused-ring (bicyclic) bond motifs is 1. The van der Waals surface area contributed by atoms with Crippen LogP contribution in [0.25, 0.3) is 22.6 Å². The maximum atomic E-state index is 6.18. The number of aryl methyl sites for hydroxylation is 3. The third kappa shape index (κ3) is 1.59. The van der Waals surface area contributed by atoms with Gasteiger partial charge in [-0.2, -0.15) is 5.10 Å². The molecule has 6 heteroatoms. The first kappa shape index (κ1) is 11.2. The number of furan rings is 1. The molecule has 0 aromatic carbocycles. The molecule has 3 aromatic heterocycles. The summed E-state index contributed by atoms with van der Waals surface area (Å²) in [4.78, 5) is 8.73. The number of nitrogens with zero attached hydrogens (tertiary/aromatic N) is 4. The molecule has 0 aliphatic carbocycles. The molecular weight excluding hydrogens is 252 g/mol. The van der Waals surface area contributed by atoms with E-state index in [-0.39, 0.29) is 0 Å². The van der Waals surface area contributed by atoms with Gasteiger partial charge in [-0.25, -0.2) is 9.97 Å². The van der Waals surface area contributed by atoms with Crippen LogP contribution in [-0.2, 0) is 7.05 Å². The van der Waals surface area contributed by atoms with Gasteiger partial charge in [-0.15, -0.1) is 0 Å². The molecule has 0 saturated carbocycles. The summed E-state index contributed by atoms with van der Waals surface area (Å²) in [6, 6.07) is 3.70. The second kappa shape index (κ2) is 3.81. The molecule has 0 unspecified atom stereocenters. The molecule has 0 saturated heterocycles. The lowest BCUT2D eigenvalue weighted by Crippen LogP contribution is -1.94. The van der Waals surface area contributed by atoms with Gasteiger partial charge >= 0.3 is 0 Å². The minimum atomic E-state index is 0.382. The van der Waals surface area contributed by atoms with Gasteiger partial charge < -0.3 is 4.42 Å². The Balaban J connectivity index is 2.30. The lowest BCUT2D eigenvalue weighted by Gasteiger charge is -2.00. The highest BCUT2D eigenvalue weighted by Gasteiger charge is 2.15. The molecule has 3 rings (SSSR count). The monoisotopic (exact) mass is 262 g/mol. The second-order valence-electron chi connectivity index (χ2n) is 4.15. The summed E-state index contributed by atoms with van der Waals surface area (Å²) in [5, 5.41) is 4.67. The quantitative estimate of drug-likeness (QED) is 0.633. The maximum Gasteiger partial charge on any atom is 0.197 e. The van der Waals surface area contributed by atoms with Crippen molar-refractivity contribution in [3.63, 3.8) is 0 Å². The predicted octanol–water partition coefficient (Wildman–Crippen LogP) is 2.89. The van der Waals surface area contributed by atoms with Crippen molar-refractivity contribution in [3.05, 3.63) is 28.7 Å². The first-order valence-electron chi connectivity index (χ1n) is 5.50. The fourth-order valence-corrected chi connectivity index (χ4v) is 2.25. The maximum absolute atomic E-state index is 6.18. The number of halogens is 1. The van der Waals surface area contributed by atoms with Crippen molar-refractivity contribution in [2.24, 2.45) is 7.05 Å². The molecule has 0 atom stereocenters. The molecule has 0 aliphatic rings. The molecule has 0 bridgehead atoms. The van der Waals surface area contributed by atoms with E-state index in [0.29, 0.717) is 16.7 Å².